The van der Waals surface area contributed by atoms with Gasteiger partial charge in [0.15, 0.2) is 5.78 Å². The first-order chi connectivity index (χ1) is 10.5. The van der Waals surface area contributed by atoms with E-state index in [9.17, 15) is 14.9 Å². The van der Waals surface area contributed by atoms with Crippen molar-refractivity contribution in [3.05, 3.63) is 75.8 Å². The Morgan fingerprint density at radius 2 is 1.64 bits per heavy atom. The van der Waals surface area contributed by atoms with Crippen molar-refractivity contribution in [2.45, 2.75) is 0 Å². The molecule has 0 N–H and O–H groups in total. The SMILES string of the molecule is CN(C)c1ccc(/C=C/C(=O)c2ccc([N+](=O)[O-])cc2)cc1. The van der Waals surface area contributed by atoms with Crippen LogP contribution in [0.25, 0.3) is 6.08 Å². The maximum Gasteiger partial charge on any atom is 0.269 e. The third kappa shape index (κ3) is 3.79. The zero-order valence-corrected chi connectivity index (χ0v) is 12.4. The Morgan fingerprint density at radius 1 is 1.05 bits per heavy atom. The molecular formula is C17H16N2O3. The monoisotopic (exact) mass is 296 g/mol. The van der Waals surface area contributed by atoms with E-state index in [1.54, 1.807) is 6.08 Å². The Kier molecular flexibility index (Phi) is 4.68. The molecule has 0 aliphatic carbocycles. The molecule has 0 unspecified atom stereocenters. The van der Waals surface area contributed by atoms with Gasteiger partial charge in [-0.15, -0.1) is 0 Å². The first-order valence-corrected chi connectivity index (χ1v) is 6.71. The number of ketones is 1. The smallest absolute Gasteiger partial charge is 0.269 e. The lowest BCUT2D eigenvalue weighted by Gasteiger charge is -2.11. The number of rotatable bonds is 5. The van der Waals surface area contributed by atoms with Crippen LogP contribution in [-0.2, 0) is 0 Å². The van der Waals surface area contributed by atoms with Crippen LogP contribution in [0.1, 0.15) is 15.9 Å². The van der Waals surface area contributed by atoms with Gasteiger partial charge < -0.3 is 4.90 Å². The van der Waals surface area contributed by atoms with Crippen LogP contribution >= 0.6 is 0 Å². The summed E-state index contributed by atoms with van der Waals surface area (Å²) in [5.41, 5.74) is 2.39. The van der Waals surface area contributed by atoms with Crippen LogP contribution in [-0.4, -0.2) is 24.8 Å². The highest BCUT2D eigenvalue weighted by Crippen LogP contribution is 2.15. The molecule has 0 aliphatic heterocycles. The second-order valence-electron chi connectivity index (χ2n) is 4.99. The minimum Gasteiger partial charge on any atom is -0.378 e. The lowest BCUT2D eigenvalue weighted by atomic mass is 10.1. The lowest BCUT2D eigenvalue weighted by Crippen LogP contribution is -2.07. The first-order valence-electron chi connectivity index (χ1n) is 6.71. The van der Waals surface area contributed by atoms with E-state index in [0.29, 0.717) is 5.56 Å². The molecule has 0 bridgehead atoms. The van der Waals surface area contributed by atoms with E-state index in [1.807, 2.05) is 43.3 Å². The van der Waals surface area contributed by atoms with Gasteiger partial charge in [-0.1, -0.05) is 18.2 Å². The van der Waals surface area contributed by atoms with Gasteiger partial charge in [-0.3, -0.25) is 14.9 Å². The van der Waals surface area contributed by atoms with Crippen molar-refractivity contribution in [2.24, 2.45) is 0 Å². The summed E-state index contributed by atoms with van der Waals surface area (Å²) in [5.74, 6) is -0.188. The molecular weight excluding hydrogens is 280 g/mol. The quantitative estimate of drug-likeness (QED) is 0.366. The topological polar surface area (TPSA) is 63.5 Å². The summed E-state index contributed by atoms with van der Waals surface area (Å²) in [6, 6.07) is 13.4. The maximum absolute atomic E-state index is 12.0. The number of carbonyl (C=O) groups is 1. The summed E-state index contributed by atoms with van der Waals surface area (Å²) in [4.78, 5) is 24.1. The van der Waals surface area contributed by atoms with Crippen molar-refractivity contribution < 1.29 is 9.72 Å². The van der Waals surface area contributed by atoms with Gasteiger partial charge in [0.05, 0.1) is 4.92 Å². The summed E-state index contributed by atoms with van der Waals surface area (Å²) < 4.78 is 0. The molecule has 0 aliphatic rings. The summed E-state index contributed by atoms with van der Waals surface area (Å²) in [7, 11) is 3.92. The summed E-state index contributed by atoms with van der Waals surface area (Å²) in [6.45, 7) is 0. The number of allylic oxidation sites excluding steroid dienone is 1. The molecule has 0 spiro atoms. The van der Waals surface area contributed by atoms with Crippen molar-refractivity contribution in [3.63, 3.8) is 0 Å². The average molecular weight is 296 g/mol. The van der Waals surface area contributed by atoms with Gasteiger partial charge >= 0.3 is 0 Å². The fourth-order valence-corrected chi connectivity index (χ4v) is 1.90. The lowest BCUT2D eigenvalue weighted by molar-refractivity contribution is -0.384. The molecule has 5 heteroatoms. The van der Waals surface area contributed by atoms with Crippen LogP contribution in [0.4, 0.5) is 11.4 Å². The minimum absolute atomic E-state index is 0.0280. The molecule has 0 amide bonds. The summed E-state index contributed by atoms with van der Waals surface area (Å²) in [6.07, 6.45) is 3.19. The van der Waals surface area contributed by atoms with Crippen LogP contribution in [0.2, 0.25) is 0 Å². The van der Waals surface area contributed by atoms with Crippen LogP contribution in [0.5, 0.6) is 0 Å². The molecule has 0 heterocycles. The highest BCUT2D eigenvalue weighted by Gasteiger charge is 2.07. The van der Waals surface area contributed by atoms with E-state index in [1.165, 1.54) is 30.3 Å². The summed E-state index contributed by atoms with van der Waals surface area (Å²) >= 11 is 0. The molecule has 0 atom stereocenters. The fourth-order valence-electron chi connectivity index (χ4n) is 1.90. The Balaban J connectivity index is 2.08. The Hall–Kier alpha value is -2.95. The van der Waals surface area contributed by atoms with Crippen molar-refractivity contribution in [1.29, 1.82) is 0 Å². The molecule has 2 rings (SSSR count). The average Bonchev–Trinajstić information content (AvgIpc) is 2.53. The second-order valence-corrected chi connectivity index (χ2v) is 4.99. The maximum atomic E-state index is 12.0. The number of benzene rings is 2. The standard InChI is InChI=1S/C17H16N2O3/c1-18(2)15-8-3-13(4-9-15)5-12-17(20)14-6-10-16(11-7-14)19(21)22/h3-12H,1-2H3/b12-5+. The predicted molar refractivity (Wildman–Crippen MR) is 87.2 cm³/mol. The molecule has 0 radical (unpaired) electrons. The molecule has 22 heavy (non-hydrogen) atoms. The van der Waals surface area contributed by atoms with E-state index in [2.05, 4.69) is 0 Å². The third-order valence-electron chi connectivity index (χ3n) is 3.20. The number of anilines is 1. The van der Waals surface area contributed by atoms with Crippen LogP contribution in [0.15, 0.2) is 54.6 Å². The zero-order chi connectivity index (χ0) is 16.1. The third-order valence-corrected chi connectivity index (χ3v) is 3.20. The molecule has 2 aromatic rings. The van der Waals surface area contributed by atoms with E-state index >= 15 is 0 Å². The van der Waals surface area contributed by atoms with Gasteiger partial charge in [-0.2, -0.15) is 0 Å². The molecule has 5 nitrogen and oxygen atoms in total. The first kappa shape index (κ1) is 15.4. The van der Waals surface area contributed by atoms with Gasteiger partial charge in [-0.25, -0.2) is 0 Å². The van der Waals surface area contributed by atoms with Crippen molar-refractivity contribution >= 4 is 23.2 Å². The normalized spacial score (nSPS) is 10.6. The molecule has 0 fully saturated rings. The predicted octanol–water partition coefficient (Wildman–Crippen LogP) is 3.56. The van der Waals surface area contributed by atoms with E-state index in [-0.39, 0.29) is 11.5 Å². The minimum atomic E-state index is -0.490. The van der Waals surface area contributed by atoms with Crippen molar-refractivity contribution in [1.82, 2.24) is 0 Å². The number of non-ortho nitro benzene ring substituents is 1. The second kappa shape index (κ2) is 6.67. The molecule has 0 saturated heterocycles. The molecule has 2 aromatic carbocycles. The Bertz CT molecular complexity index is 702. The Labute approximate surface area is 128 Å². The van der Waals surface area contributed by atoms with Crippen LogP contribution in [0, 0.1) is 10.1 Å². The fraction of sp³-hybridized carbons (Fsp3) is 0.118. The molecule has 0 aromatic heterocycles. The van der Waals surface area contributed by atoms with Gasteiger partial charge in [0.1, 0.15) is 0 Å². The number of carbonyl (C=O) groups excluding carboxylic acids is 1. The largest absolute Gasteiger partial charge is 0.378 e. The number of hydrogen-bond acceptors (Lipinski definition) is 4. The highest BCUT2D eigenvalue weighted by atomic mass is 16.6. The van der Waals surface area contributed by atoms with Crippen molar-refractivity contribution in [2.75, 3.05) is 19.0 Å². The van der Waals surface area contributed by atoms with Gasteiger partial charge in [0, 0.05) is 37.5 Å². The van der Waals surface area contributed by atoms with Gasteiger partial charge in [-0.05, 0) is 35.9 Å². The van der Waals surface area contributed by atoms with Crippen molar-refractivity contribution in [3.8, 4) is 0 Å². The molecule has 0 saturated carbocycles. The zero-order valence-electron chi connectivity index (χ0n) is 12.4. The van der Waals surface area contributed by atoms with Crippen LogP contribution < -0.4 is 4.90 Å². The summed E-state index contributed by atoms with van der Waals surface area (Å²) in [5, 5.41) is 10.6. The highest BCUT2D eigenvalue weighted by molar-refractivity contribution is 6.06. The number of nitrogens with zero attached hydrogens (tertiary/aromatic N) is 2. The number of nitro groups is 1. The Morgan fingerprint density at radius 3 is 2.14 bits per heavy atom. The van der Waals surface area contributed by atoms with E-state index in [4.69, 9.17) is 0 Å². The van der Waals surface area contributed by atoms with E-state index in [0.717, 1.165) is 11.3 Å². The van der Waals surface area contributed by atoms with Gasteiger partial charge in [0.2, 0.25) is 0 Å². The van der Waals surface area contributed by atoms with Gasteiger partial charge in [0.25, 0.3) is 5.69 Å². The van der Waals surface area contributed by atoms with Crippen LogP contribution in [0.3, 0.4) is 0 Å². The molecule has 112 valence electrons. The number of nitro benzene ring substituents is 1. The van der Waals surface area contributed by atoms with E-state index < -0.39 is 4.92 Å². The number of hydrogen-bond donors (Lipinski definition) is 0.